The minimum atomic E-state index is 0.0244. The summed E-state index contributed by atoms with van der Waals surface area (Å²) in [6.45, 7) is 4.57. The molecule has 152 valence electrons. The molecule has 0 aliphatic carbocycles. The van der Waals surface area contributed by atoms with Gasteiger partial charge in [-0.15, -0.1) is 0 Å². The Morgan fingerprint density at radius 2 is 1.71 bits per heavy atom. The van der Waals surface area contributed by atoms with Crippen LogP contribution in [0.5, 0.6) is 5.75 Å². The second-order valence-electron chi connectivity index (χ2n) is 7.60. The minimum absolute atomic E-state index is 0.0244. The van der Waals surface area contributed by atoms with Gasteiger partial charge in [-0.3, -0.25) is 0 Å². The summed E-state index contributed by atoms with van der Waals surface area (Å²) in [7, 11) is 4.18. The van der Waals surface area contributed by atoms with Crippen molar-refractivity contribution in [1.29, 1.82) is 0 Å². The van der Waals surface area contributed by atoms with Gasteiger partial charge in [0, 0.05) is 49.1 Å². The summed E-state index contributed by atoms with van der Waals surface area (Å²) >= 11 is 8.12. The number of benzene rings is 2. The highest BCUT2D eigenvalue weighted by atomic mass is 35.5. The van der Waals surface area contributed by atoms with Crippen molar-refractivity contribution < 1.29 is 4.74 Å². The normalized spacial score (nSPS) is 16.3. The van der Waals surface area contributed by atoms with Gasteiger partial charge in [0.05, 0.1) is 0 Å². The predicted molar refractivity (Wildman–Crippen MR) is 122 cm³/mol. The zero-order valence-electron chi connectivity index (χ0n) is 16.9. The smallest absolute Gasteiger partial charge is 0.125 e. The summed E-state index contributed by atoms with van der Waals surface area (Å²) in [6.07, 6.45) is 2.06. The molecule has 0 saturated carbocycles. The summed E-state index contributed by atoms with van der Waals surface area (Å²) in [4.78, 5) is 4.76. The summed E-state index contributed by atoms with van der Waals surface area (Å²) < 4.78 is 6.36. The van der Waals surface area contributed by atoms with Crippen LogP contribution in [-0.2, 0) is 6.42 Å². The topological polar surface area (TPSA) is 15.7 Å². The Hall–Kier alpha value is -1.20. The van der Waals surface area contributed by atoms with Crippen LogP contribution in [0.15, 0.2) is 48.5 Å². The Kier molecular flexibility index (Phi) is 8.53. The van der Waals surface area contributed by atoms with Crippen molar-refractivity contribution >= 4 is 23.4 Å². The van der Waals surface area contributed by atoms with Gasteiger partial charge in [0.25, 0.3) is 0 Å². The van der Waals surface area contributed by atoms with Gasteiger partial charge in [-0.2, -0.15) is 11.8 Å². The van der Waals surface area contributed by atoms with Crippen LogP contribution in [0.1, 0.15) is 23.7 Å². The monoisotopic (exact) mass is 418 g/mol. The van der Waals surface area contributed by atoms with Gasteiger partial charge < -0.3 is 14.5 Å². The Labute approximate surface area is 179 Å². The first-order valence-corrected chi connectivity index (χ1v) is 11.6. The molecule has 0 spiro atoms. The Bertz CT molecular complexity index is 700. The largest absolute Gasteiger partial charge is 0.486 e. The number of ether oxygens (including phenoxy) is 1. The zero-order valence-corrected chi connectivity index (χ0v) is 18.5. The third-order valence-electron chi connectivity index (χ3n) is 5.10. The maximum Gasteiger partial charge on any atom is 0.125 e. The lowest BCUT2D eigenvalue weighted by Crippen LogP contribution is -2.34. The molecule has 2 aromatic rings. The van der Waals surface area contributed by atoms with E-state index in [0.29, 0.717) is 0 Å². The number of nitrogens with zero attached hydrogens (tertiary/aromatic N) is 2. The number of halogens is 1. The summed E-state index contributed by atoms with van der Waals surface area (Å²) in [5.74, 6) is 3.47. The fraction of sp³-hybridized carbons (Fsp3) is 0.478. The van der Waals surface area contributed by atoms with E-state index in [0.717, 1.165) is 36.7 Å². The minimum Gasteiger partial charge on any atom is -0.486 e. The molecule has 28 heavy (non-hydrogen) atoms. The van der Waals surface area contributed by atoms with E-state index in [1.807, 2.05) is 12.1 Å². The standard InChI is InChI=1S/C23H31ClN2OS/c1-25(2)13-12-23(20-5-7-21(24)8-6-20)27-22-9-3-19(4-10-22)11-14-26-15-17-28-18-16-26/h3-10,23H,11-18H2,1-2H3. The Morgan fingerprint density at radius 3 is 2.36 bits per heavy atom. The van der Waals surface area contributed by atoms with E-state index >= 15 is 0 Å². The van der Waals surface area contributed by atoms with Crippen molar-refractivity contribution in [3.05, 3.63) is 64.7 Å². The summed E-state index contributed by atoms with van der Waals surface area (Å²) in [6, 6.07) is 16.6. The number of rotatable bonds is 9. The maximum atomic E-state index is 6.36. The lowest BCUT2D eigenvalue weighted by Gasteiger charge is -2.26. The van der Waals surface area contributed by atoms with Crippen LogP contribution in [0.25, 0.3) is 0 Å². The maximum absolute atomic E-state index is 6.36. The van der Waals surface area contributed by atoms with Crippen molar-refractivity contribution in [3.63, 3.8) is 0 Å². The van der Waals surface area contributed by atoms with E-state index in [4.69, 9.17) is 16.3 Å². The van der Waals surface area contributed by atoms with Gasteiger partial charge in [-0.1, -0.05) is 35.9 Å². The van der Waals surface area contributed by atoms with E-state index in [-0.39, 0.29) is 6.10 Å². The molecule has 2 aromatic carbocycles. The van der Waals surface area contributed by atoms with Crippen molar-refractivity contribution in [1.82, 2.24) is 9.80 Å². The molecule has 1 atom stereocenters. The van der Waals surface area contributed by atoms with E-state index < -0.39 is 0 Å². The highest BCUT2D eigenvalue weighted by Crippen LogP contribution is 2.26. The van der Waals surface area contributed by atoms with Crippen molar-refractivity contribution in [2.24, 2.45) is 0 Å². The number of hydrogen-bond acceptors (Lipinski definition) is 4. The molecule has 3 rings (SSSR count). The fourth-order valence-electron chi connectivity index (χ4n) is 3.36. The van der Waals surface area contributed by atoms with Crippen LogP contribution < -0.4 is 4.74 Å². The SMILES string of the molecule is CN(C)CCC(Oc1ccc(CCN2CCSCC2)cc1)c1ccc(Cl)cc1. The van der Waals surface area contributed by atoms with E-state index in [2.05, 4.69) is 72.1 Å². The van der Waals surface area contributed by atoms with Crippen molar-refractivity contribution in [3.8, 4) is 5.75 Å². The Morgan fingerprint density at radius 1 is 1.04 bits per heavy atom. The first-order valence-electron chi connectivity index (χ1n) is 10.1. The van der Waals surface area contributed by atoms with Gasteiger partial charge >= 0.3 is 0 Å². The molecule has 1 heterocycles. The molecule has 1 aliphatic heterocycles. The molecule has 1 unspecified atom stereocenters. The van der Waals surface area contributed by atoms with Crippen LogP contribution >= 0.6 is 23.4 Å². The van der Waals surface area contributed by atoms with Crippen LogP contribution in [0, 0.1) is 0 Å². The third-order valence-corrected chi connectivity index (χ3v) is 6.30. The molecule has 0 N–H and O–H groups in total. The molecule has 0 amide bonds. The molecule has 1 aliphatic rings. The van der Waals surface area contributed by atoms with Crippen LogP contribution in [0.2, 0.25) is 5.02 Å². The highest BCUT2D eigenvalue weighted by Gasteiger charge is 2.14. The molecular weight excluding hydrogens is 388 g/mol. The van der Waals surface area contributed by atoms with E-state index in [9.17, 15) is 0 Å². The van der Waals surface area contributed by atoms with Gasteiger partial charge in [-0.25, -0.2) is 0 Å². The molecule has 0 radical (unpaired) electrons. The molecule has 5 heteroatoms. The van der Waals surface area contributed by atoms with Crippen LogP contribution in [0.3, 0.4) is 0 Å². The number of hydrogen-bond donors (Lipinski definition) is 0. The molecule has 1 fully saturated rings. The summed E-state index contributed by atoms with van der Waals surface area (Å²) in [5, 5.41) is 0.756. The average Bonchev–Trinajstić information content (AvgIpc) is 2.72. The second-order valence-corrected chi connectivity index (χ2v) is 9.26. The molecule has 1 saturated heterocycles. The lowest BCUT2D eigenvalue weighted by atomic mass is 10.1. The van der Waals surface area contributed by atoms with Gasteiger partial charge in [0.2, 0.25) is 0 Å². The first-order chi connectivity index (χ1) is 13.6. The average molecular weight is 419 g/mol. The highest BCUT2D eigenvalue weighted by molar-refractivity contribution is 7.99. The lowest BCUT2D eigenvalue weighted by molar-refractivity contribution is 0.179. The molecule has 0 bridgehead atoms. The van der Waals surface area contributed by atoms with E-state index in [1.54, 1.807) is 0 Å². The molecular formula is C23H31ClN2OS. The first kappa shape index (κ1) is 21.5. The van der Waals surface area contributed by atoms with Gasteiger partial charge in [-0.05, 0) is 55.9 Å². The van der Waals surface area contributed by atoms with E-state index in [1.165, 1.54) is 35.7 Å². The van der Waals surface area contributed by atoms with Crippen molar-refractivity contribution in [2.45, 2.75) is 18.9 Å². The van der Waals surface area contributed by atoms with Gasteiger partial charge in [0.15, 0.2) is 0 Å². The molecule has 0 aromatic heterocycles. The second kappa shape index (κ2) is 11.1. The quantitative estimate of drug-likeness (QED) is 0.568. The molecule has 3 nitrogen and oxygen atoms in total. The fourth-order valence-corrected chi connectivity index (χ4v) is 4.46. The van der Waals surface area contributed by atoms with Crippen molar-refractivity contribution in [2.75, 3.05) is 51.8 Å². The van der Waals surface area contributed by atoms with Crippen LogP contribution in [0.4, 0.5) is 0 Å². The third kappa shape index (κ3) is 7.00. The van der Waals surface area contributed by atoms with Crippen LogP contribution in [-0.4, -0.2) is 61.6 Å². The summed E-state index contributed by atoms with van der Waals surface area (Å²) in [5.41, 5.74) is 2.54. The zero-order chi connectivity index (χ0) is 19.8. The Balaban J connectivity index is 1.59. The van der Waals surface area contributed by atoms with Gasteiger partial charge in [0.1, 0.15) is 11.9 Å². The number of thioether (sulfide) groups is 1. The predicted octanol–water partition coefficient (Wildman–Crippen LogP) is 5.00.